The second-order valence-corrected chi connectivity index (χ2v) is 4.49. The van der Waals surface area contributed by atoms with E-state index in [1.54, 1.807) is 12.1 Å². The van der Waals surface area contributed by atoms with Crippen LogP contribution in [-0.4, -0.2) is 44.1 Å². The molecule has 1 aliphatic heterocycles. The molecular formula is C14H18O5. The molecule has 1 fully saturated rings. The Labute approximate surface area is 112 Å². The van der Waals surface area contributed by atoms with Gasteiger partial charge in [0, 0.05) is 12.5 Å². The van der Waals surface area contributed by atoms with E-state index in [0.717, 1.165) is 19.6 Å². The van der Waals surface area contributed by atoms with Crippen LogP contribution in [0.25, 0.3) is 0 Å². The number of hydrogen-bond acceptors (Lipinski definition) is 4. The lowest BCUT2D eigenvalue weighted by Gasteiger charge is -2.10. The first-order valence-electron chi connectivity index (χ1n) is 6.37. The number of carboxylic acid groups (broad SMARTS) is 1. The van der Waals surface area contributed by atoms with Gasteiger partial charge < -0.3 is 19.3 Å². The van der Waals surface area contributed by atoms with Crippen LogP contribution >= 0.6 is 0 Å². The molecule has 0 radical (unpaired) electrons. The van der Waals surface area contributed by atoms with Crippen molar-refractivity contribution in [1.29, 1.82) is 0 Å². The van der Waals surface area contributed by atoms with Crippen LogP contribution in [0.1, 0.15) is 16.8 Å². The minimum atomic E-state index is -0.956. The van der Waals surface area contributed by atoms with Crippen LogP contribution in [0.15, 0.2) is 24.3 Å². The maximum Gasteiger partial charge on any atom is 0.335 e. The van der Waals surface area contributed by atoms with Gasteiger partial charge >= 0.3 is 5.97 Å². The highest BCUT2D eigenvalue weighted by Gasteiger charge is 2.15. The molecule has 104 valence electrons. The minimum absolute atomic E-state index is 0.224. The van der Waals surface area contributed by atoms with Gasteiger partial charge in [-0.05, 0) is 24.6 Å². The molecule has 1 heterocycles. The smallest absolute Gasteiger partial charge is 0.335 e. The summed E-state index contributed by atoms with van der Waals surface area (Å²) in [6.45, 7) is 3.21. The summed E-state index contributed by atoms with van der Waals surface area (Å²) in [7, 11) is 0. The van der Waals surface area contributed by atoms with Crippen molar-refractivity contribution < 1.29 is 24.1 Å². The zero-order chi connectivity index (χ0) is 13.5. The molecule has 1 unspecified atom stereocenters. The molecule has 0 amide bonds. The highest BCUT2D eigenvalue weighted by atomic mass is 16.5. The first kappa shape index (κ1) is 13.8. The Kier molecular flexibility index (Phi) is 5.18. The number of aromatic carboxylic acids is 1. The molecule has 1 aliphatic rings. The standard InChI is InChI=1S/C14H18O5/c15-14(16)12-2-1-3-13(8-12)19-7-6-18-10-11-4-5-17-9-11/h1-3,8,11H,4-7,9-10H2,(H,15,16). The van der Waals surface area contributed by atoms with Crippen molar-refractivity contribution in [2.75, 3.05) is 33.0 Å². The van der Waals surface area contributed by atoms with Crippen molar-refractivity contribution in [2.24, 2.45) is 5.92 Å². The molecule has 2 rings (SSSR count). The van der Waals surface area contributed by atoms with Crippen LogP contribution in [0.5, 0.6) is 5.75 Å². The number of carbonyl (C=O) groups is 1. The molecule has 0 aliphatic carbocycles. The molecule has 1 N–H and O–H groups in total. The SMILES string of the molecule is O=C(O)c1cccc(OCCOCC2CCOC2)c1. The zero-order valence-electron chi connectivity index (χ0n) is 10.7. The highest BCUT2D eigenvalue weighted by molar-refractivity contribution is 5.87. The van der Waals surface area contributed by atoms with Crippen LogP contribution in [0, 0.1) is 5.92 Å². The van der Waals surface area contributed by atoms with Gasteiger partial charge in [-0.15, -0.1) is 0 Å². The van der Waals surface area contributed by atoms with Crippen molar-refractivity contribution in [3.63, 3.8) is 0 Å². The quantitative estimate of drug-likeness (QED) is 0.762. The summed E-state index contributed by atoms with van der Waals surface area (Å²) in [6, 6.07) is 6.44. The van der Waals surface area contributed by atoms with Crippen molar-refractivity contribution in [3.8, 4) is 5.75 Å². The maximum atomic E-state index is 10.8. The summed E-state index contributed by atoms with van der Waals surface area (Å²) in [5.74, 6) is 0.0889. The van der Waals surface area contributed by atoms with Gasteiger partial charge in [-0.3, -0.25) is 0 Å². The van der Waals surface area contributed by atoms with Gasteiger partial charge in [0.2, 0.25) is 0 Å². The summed E-state index contributed by atoms with van der Waals surface area (Å²) >= 11 is 0. The second kappa shape index (κ2) is 7.11. The minimum Gasteiger partial charge on any atom is -0.491 e. The van der Waals surface area contributed by atoms with E-state index < -0.39 is 5.97 Å². The van der Waals surface area contributed by atoms with Gasteiger partial charge in [0.05, 0.1) is 25.4 Å². The number of hydrogen-bond donors (Lipinski definition) is 1. The first-order chi connectivity index (χ1) is 9.25. The third-order valence-corrected chi connectivity index (χ3v) is 2.95. The van der Waals surface area contributed by atoms with Crippen molar-refractivity contribution >= 4 is 5.97 Å². The van der Waals surface area contributed by atoms with Crippen LogP contribution in [0.3, 0.4) is 0 Å². The van der Waals surface area contributed by atoms with Crippen molar-refractivity contribution in [3.05, 3.63) is 29.8 Å². The molecule has 5 nitrogen and oxygen atoms in total. The summed E-state index contributed by atoms with van der Waals surface area (Å²) in [6.07, 6.45) is 1.06. The molecular weight excluding hydrogens is 248 g/mol. The predicted molar refractivity (Wildman–Crippen MR) is 68.6 cm³/mol. The first-order valence-corrected chi connectivity index (χ1v) is 6.37. The number of carboxylic acids is 1. The van der Waals surface area contributed by atoms with Crippen molar-refractivity contribution in [2.45, 2.75) is 6.42 Å². The second-order valence-electron chi connectivity index (χ2n) is 4.49. The summed E-state index contributed by atoms with van der Waals surface area (Å²) < 4.78 is 16.2. The molecule has 0 spiro atoms. The van der Waals surface area contributed by atoms with Crippen LogP contribution in [0.4, 0.5) is 0 Å². The van der Waals surface area contributed by atoms with E-state index in [1.807, 2.05) is 0 Å². The predicted octanol–water partition coefficient (Wildman–Crippen LogP) is 1.82. The molecule has 0 saturated carbocycles. The number of benzene rings is 1. The Morgan fingerprint density at radius 2 is 2.32 bits per heavy atom. The van der Waals surface area contributed by atoms with Crippen LogP contribution in [0.2, 0.25) is 0 Å². The Balaban J connectivity index is 1.64. The monoisotopic (exact) mass is 266 g/mol. The lowest BCUT2D eigenvalue weighted by Crippen LogP contribution is -2.13. The Morgan fingerprint density at radius 1 is 1.42 bits per heavy atom. The molecule has 0 aromatic heterocycles. The summed E-state index contributed by atoms with van der Waals surface area (Å²) in [5.41, 5.74) is 0.224. The lowest BCUT2D eigenvalue weighted by atomic mass is 10.1. The number of ether oxygens (including phenoxy) is 3. The molecule has 0 bridgehead atoms. The molecule has 19 heavy (non-hydrogen) atoms. The van der Waals surface area contributed by atoms with E-state index in [9.17, 15) is 4.79 Å². The van der Waals surface area contributed by atoms with Gasteiger partial charge in [0.25, 0.3) is 0 Å². The lowest BCUT2D eigenvalue weighted by molar-refractivity contribution is 0.0678. The third kappa shape index (κ3) is 4.54. The van der Waals surface area contributed by atoms with Gasteiger partial charge in [-0.25, -0.2) is 4.79 Å². The van der Waals surface area contributed by atoms with E-state index in [2.05, 4.69) is 0 Å². The average molecular weight is 266 g/mol. The van der Waals surface area contributed by atoms with Gasteiger partial charge in [-0.2, -0.15) is 0 Å². The van der Waals surface area contributed by atoms with Crippen LogP contribution in [-0.2, 0) is 9.47 Å². The van der Waals surface area contributed by atoms with E-state index in [4.69, 9.17) is 19.3 Å². The van der Waals surface area contributed by atoms with Gasteiger partial charge in [-0.1, -0.05) is 6.07 Å². The fourth-order valence-corrected chi connectivity index (χ4v) is 1.90. The van der Waals surface area contributed by atoms with Gasteiger partial charge in [0.15, 0.2) is 0 Å². The van der Waals surface area contributed by atoms with Gasteiger partial charge in [0.1, 0.15) is 12.4 Å². The fraction of sp³-hybridized carbons (Fsp3) is 0.500. The Bertz CT molecular complexity index is 412. The fourth-order valence-electron chi connectivity index (χ4n) is 1.90. The van der Waals surface area contributed by atoms with Crippen molar-refractivity contribution in [1.82, 2.24) is 0 Å². The normalized spacial score (nSPS) is 18.4. The van der Waals surface area contributed by atoms with Crippen LogP contribution < -0.4 is 4.74 Å². The molecule has 5 heteroatoms. The summed E-state index contributed by atoms with van der Waals surface area (Å²) in [4.78, 5) is 10.8. The average Bonchev–Trinajstić information content (AvgIpc) is 2.92. The molecule has 1 saturated heterocycles. The van der Waals surface area contributed by atoms with E-state index in [1.165, 1.54) is 12.1 Å². The molecule has 1 aromatic rings. The maximum absolute atomic E-state index is 10.8. The van der Waals surface area contributed by atoms with E-state index >= 15 is 0 Å². The Morgan fingerprint density at radius 3 is 3.05 bits per heavy atom. The van der Waals surface area contributed by atoms with E-state index in [-0.39, 0.29) is 5.56 Å². The molecule has 1 atom stereocenters. The van der Waals surface area contributed by atoms with E-state index in [0.29, 0.717) is 31.5 Å². The largest absolute Gasteiger partial charge is 0.491 e. The highest BCUT2D eigenvalue weighted by Crippen LogP contribution is 2.14. The third-order valence-electron chi connectivity index (χ3n) is 2.95. The topological polar surface area (TPSA) is 65.0 Å². The Hall–Kier alpha value is -1.59. The molecule has 1 aromatic carbocycles. The zero-order valence-corrected chi connectivity index (χ0v) is 10.7. The number of rotatable bonds is 7. The summed E-state index contributed by atoms with van der Waals surface area (Å²) in [5, 5.41) is 8.85.